The minimum atomic E-state index is -0.122. The van der Waals surface area contributed by atoms with Crippen molar-refractivity contribution in [3.63, 3.8) is 0 Å². The van der Waals surface area contributed by atoms with E-state index in [9.17, 15) is 4.79 Å². The smallest absolute Gasteiger partial charge is 0.234 e. The predicted octanol–water partition coefficient (Wildman–Crippen LogP) is 4.16. The number of amides is 1. The lowest BCUT2D eigenvalue weighted by Crippen LogP contribution is -2.39. The van der Waals surface area contributed by atoms with E-state index in [1.807, 2.05) is 29.6 Å². The van der Waals surface area contributed by atoms with Crippen LogP contribution in [0.4, 0.5) is 0 Å². The number of thiophene rings is 1. The number of hydrogen-bond acceptors (Lipinski definition) is 4. The van der Waals surface area contributed by atoms with Gasteiger partial charge in [0.05, 0.1) is 12.6 Å². The maximum Gasteiger partial charge on any atom is 0.234 e. The van der Waals surface area contributed by atoms with Crippen molar-refractivity contribution in [2.75, 3.05) is 19.7 Å². The van der Waals surface area contributed by atoms with E-state index < -0.39 is 0 Å². The third-order valence-corrected chi connectivity index (χ3v) is 5.88. The quantitative estimate of drug-likeness (QED) is 0.709. The number of nitrogens with zero attached hydrogens (tertiary/aromatic N) is 1. The van der Waals surface area contributed by atoms with E-state index >= 15 is 0 Å². The Morgan fingerprint density at radius 1 is 1.14 bits per heavy atom. The van der Waals surface area contributed by atoms with Gasteiger partial charge in [-0.25, -0.2) is 0 Å². The van der Waals surface area contributed by atoms with Crippen molar-refractivity contribution < 1.29 is 9.53 Å². The number of fused-ring (bicyclic) bond motifs is 1. The molecule has 2 heterocycles. The molecule has 1 unspecified atom stereocenters. The van der Waals surface area contributed by atoms with Gasteiger partial charge >= 0.3 is 0 Å². The highest BCUT2D eigenvalue weighted by atomic mass is 32.1. The van der Waals surface area contributed by atoms with Gasteiger partial charge in [-0.15, -0.1) is 11.3 Å². The Hall–Kier alpha value is -2.63. The number of nitrogens with one attached hydrogen (secondary N) is 1. The summed E-state index contributed by atoms with van der Waals surface area (Å²) >= 11 is 1.66. The highest BCUT2D eigenvalue weighted by Crippen LogP contribution is 2.27. The SMILES string of the molecule is Cc1ccc(C(NC(=O)CN2CCOc3ccccc3C2)c2cccs2)cc1. The van der Waals surface area contributed by atoms with Gasteiger partial charge in [0.25, 0.3) is 0 Å². The molecule has 0 saturated carbocycles. The summed E-state index contributed by atoms with van der Waals surface area (Å²) in [7, 11) is 0. The Morgan fingerprint density at radius 3 is 2.75 bits per heavy atom. The predicted molar refractivity (Wildman–Crippen MR) is 113 cm³/mol. The number of rotatable bonds is 5. The highest BCUT2D eigenvalue weighted by molar-refractivity contribution is 7.10. The van der Waals surface area contributed by atoms with E-state index in [0.29, 0.717) is 13.2 Å². The number of para-hydroxylation sites is 1. The second-order valence-corrected chi connectivity index (χ2v) is 8.07. The summed E-state index contributed by atoms with van der Waals surface area (Å²) in [6.45, 7) is 4.47. The number of benzene rings is 2. The molecule has 144 valence electrons. The lowest BCUT2D eigenvalue weighted by atomic mass is 10.0. The first-order valence-corrected chi connectivity index (χ1v) is 10.4. The number of carbonyl (C=O) groups excluding carboxylic acids is 1. The minimum Gasteiger partial charge on any atom is -0.492 e. The molecule has 0 saturated heterocycles. The van der Waals surface area contributed by atoms with Gasteiger partial charge in [-0.3, -0.25) is 9.69 Å². The monoisotopic (exact) mass is 392 g/mol. The molecule has 5 heteroatoms. The van der Waals surface area contributed by atoms with E-state index in [-0.39, 0.29) is 11.9 Å². The van der Waals surface area contributed by atoms with Gasteiger partial charge in [0, 0.05) is 23.5 Å². The van der Waals surface area contributed by atoms with Crippen LogP contribution in [0.15, 0.2) is 66.0 Å². The lowest BCUT2D eigenvalue weighted by molar-refractivity contribution is -0.122. The summed E-state index contributed by atoms with van der Waals surface area (Å²) in [5.74, 6) is 0.944. The number of aryl methyl sites for hydroxylation is 1. The van der Waals surface area contributed by atoms with Crippen LogP contribution in [0.3, 0.4) is 0 Å². The van der Waals surface area contributed by atoms with Gasteiger partial charge in [0.2, 0.25) is 5.91 Å². The van der Waals surface area contributed by atoms with Gasteiger partial charge in [0.1, 0.15) is 12.4 Å². The van der Waals surface area contributed by atoms with Crippen molar-refractivity contribution in [2.24, 2.45) is 0 Å². The molecule has 3 aromatic rings. The van der Waals surface area contributed by atoms with Gasteiger partial charge in [-0.05, 0) is 30.0 Å². The summed E-state index contributed by atoms with van der Waals surface area (Å²) < 4.78 is 5.81. The fraction of sp³-hybridized carbons (Fsp3) is 0.261. The van der Waals surface area contributed by atoms with Gasteiger partial charge in [0.15, 0.2) is 0 Å². The zero-order chi connectivity index (χ0) is 19.3. The van der Waals surface area contributed by atoms with Crippen molar-refractivity contribution in [2.45, 2.75) is 19.5 Å². The maximum atomic E-state index is 12.9. The van der Waals surface area contributed by atoms with E-state index in [0.717, 1.165) is 34.8 Å². The van der Waals surface area contributed by atoms with Crippen LogP contribution in [0.25, 0.3) is 0 Å². The van der Waals surface area contributed by atoms with E-state index in [4.69, 9.17) is 4.74 Å². The fourth-order valence-electron chi connectivity index (χ4n) is 3.46. The van der Waals surface area contributed by atoms with Crippen molar-refractivity contribution in [3.05, 3.63) is 87.6 Å². The first-order chi connectivity index (χ1) is 13.7. The first-order valence-electron chi connectivity index (χ1n) is 9.51. The van der Waals surface area contributed by atoms with E-state index in [2.05, 4.69) is 53.5 Å². The Labute approximate surface area is 169 Å². The topological polar surface area (TPSA) is 41.6 Å². The summed E-state index contributed by atoms with van der Waals surface area (Å²) in [4.78, 5) is 16.2. The summed E-state index contributed by atoms with van der Waals surface area (Å²) in [5, 5.41) is 5.28. The van der Waals surface area contributed by atoms with E-state index in [1.54, 1.807) is 11.3 Å². The average Bonchev–Trinajstić information content (AvgIpc) is 3.15. The normalized spacial score (nSPS) is 15.2. The molecule has 1 atom stereocenters. The van der Waals surface area contributed by atoms with Gasteiger partial charge in [-0.1, -0.05) is 54.1 Å². The summed E-state index contributed by atoms with van der Waals surface area (Å²) in [5.41, 5.74) is 3.44. The largest absolute Gasteiger partial charge is 0.492 e. The zero-order valence-electron chi connectivity index (χ0n) is 15.9. The Morgan fingerprint density at radius 2 is 1.96 bits per heavy atom. The highest BCUT2D eigenvalue weighted by Gasteiger charge is 2.21. The molecule has 1 aliphatic rings. The number of ether oxygens (including phenoxy) is 1. The van der Waals surface area contributed by atoms with Crippen LogP contribution in [0.1, 0.15) is 27.6 Å². The van der Waals surface area contributed by atoms with Crippen molar-refractivity contribution in [1.29, 1.82) is 0 Å². The molecule has 28 heavy (non-hydrogen) atoms. The van der Waals surface area contributed by atoms with E-state index in [1.165, 1.54) is 5.56 Å². The van der Waals surface area contributed by atoms with Gasteiger partial charge < -0.3 is 10.1 Å². The standard InChI is InChI=1S/C23H24N2O2S/c1-17-8-10-18(11-9-17)23(21-7-4-14-28-21)24-22(26)16-25-12-13-27-20-6-3-2-5-19(20)15-25/h2-11,14,23H,12-13,15-16H2,1H3,(H,24,26). The van der Waals surface area contributed by atoms with Crippen LogP contribution in [-0.4, -0.2) is 30.5 Å². The van der Waals surface area contributed by atoms with Crippen molar-refractivity contribution >= 4 is 17.2 Å². The minimum absolute atomic E-state index is 0.0263. The van der Waals surface area contributed by atoms with Gasteiger partial charge in [-0.2, -0.15) is 0 Å². The molecule has 4 rings (SSSR count). The molecule has 2 aromatic carbocycles. The molecule has 0 fully saturated rings. The van der Waals surface area contributed by atoms with Crippen LogP contribution < -0.4 is 10.1 Å². The molecule has 1 aliphatic heterocycles. The first kappa shape index (κ1) is 18.7. The summed E-state index contributed by atoms with van der Waals surface area (Å²) in [6.07, 6.45) is 0. The van der Waals surface area contributed by atoms with Crippen LogP contribution in [-0.2, 0) is 11.3 Å². The molecule has 0 radical (unpaired) electrons. The fourth-order valence-corrected chi connectivity index (χ4v) is 4.26. The average molecular weight is 393 g/mol. The molecule has 0 aliphatic carbocycles. The van der Waals surface area contributed by atoms with Crippen LogP contribution in [0, 0.1) is 6.92 Å². The molecule has 1 N–H and O–H groups in total. The van der Waals surface area contributed by atoms with Crippen molar-refractivity contribution in [1.82, 2.24) is 10.2 Å². The van der Waals surface area contributed by atoms with Crippen molar-refractivity contribution in [3.8, 4) is 5.75 Å². The Balaban J connectivity index is 1.47. The number of hydrogen-bond donors (Lipinski definition) is 1. The molecule has 4 nitrogen and oxygen atoms in total. The molecular formula is C23H24N2O2S. The summed E-state index contributed by atoms with van der Waals surface area (Å²) in [6, 6.07) is 20.4. The molecule has 1 amide bonds. The zero-order valence-corrected chi connectivity index (χ0v) is 16.7. The molecule has 0 spiro atoms. The Bertz CT molecular complexity index is 922. The number of carbonyl (C=O) groups is 1. The second kappa shape index (κ2) is 8.59. The van der Waals surface area contributed by atoms with Crippen LogP contribution in [0.5, 0.6) is 5.75 Å². The molecular weight excluding hydrogens is 368 g/mol. The molecule has 1 aromatic heterocycles. The van der Waals surface area contributed by atoms with Crippen LogP contribution in [0.2, 0.25) is 0 Å². The Kier molecular flexibility index (Phi) is 5.74. The third-order valence-electron chi connectivity index (χ3n) is 4.94. The third kappa shape index (κ3) is 4.43. The van der Waals surface area contributed by atoms with Crippen LogP contribution >= 0.6 is 11.3 Å². The maximum absolute atomic E-state index is 12.9. The second-order valence-electron chi connectivity index (χ2n) is 7.09. The lowest BCUT2D eigenvalue weighted by Gasteiger charge is -2.22. The molecule has 0 bridgehead atoms.